The molecule has 1 aliphatic carbocycles. The minimum absolute atomic E-state index is 1.09. The average Bonchev–Trinajstić information content (AvgIpc) is 2.05. The molecule has 0 saturated carbocycles. The third kappa shape index (κ3) is 4.95. The highest BCUT2D eigenvalue weighted by Crippen LogP contribution is 2.05. The van der Waals surface area contributed by atoms with Crippen molar-refractivity contribution in [3.63, 3.8) is 0 Å². The predicted octanol–water partition coefficient (Wildman–Crippen LogP) is 4.01. The van der Waals surface area contributed by atoms with Gasteiger partial charge < -0.3 is 0 Å². The van der Waals surface area contributed by atoms with Gasteiger partial charge in [0.15, 0.2) is 0 Å². The average molecular weight is 162 g/mol. The molecule has 0 radical (unpaired) electrons. The van der Waals surface area contributed by atoms with Gasteiger partial charge in [-0.05, 0) is 32.1 Å². The zero-order valence-electron chi connectivity index (χ0n) is 7.71. The van der Waals surface area contributed by atoms with Crippen molar-refractivity contribution in [2.45, 2.75) is 38.5 Å². The Kier molecular flexibility index (Phi) is 5.35. The zero-order valence-corrected chi connectivity index (χ0v) is 7.71. The second kappa shape index (κ2) is 6.90. The van der Waals surface area contributed by atoms with Gasteiger partial charge in [0.2, 0.25) is 0 Å². The number of rotatable bonds is 0. The Balaban J connectivity index is 2.31. The molecular formula is C12H18. The SMILES string of the molecule is C1=CC/C=C\CCCCCC=C1. The highest BCUT2D eigenvalue weighted by Gasteiger charge is 1.85. The van der Waals surface area contributed by atoms with Crippen molar-refractivity contribution >= 4 is 0 Å². The standard InChI is InChI=1S/C12H18/c1-2-4-6-8-10-12-11-9-7-5-3-1/h1-4,7,9H,5-6,8,10-12H2/b3-1?,4-2?,9-7-. The molecular weight excluding hydrogens is 144 g/mol. The monoisotopic (exact) mass is 162 g/mol. The van der Waals surface area contributed by atoms with Crippen LogP contribution in [0.5, 0.6) is 0 Å². The van der Waals surface area contributed by atoms with Crippen molar-refractivity contribution < 1.29 is 0 Å². The third-order valence-electron chi connectivity index (χ3n) is 2.06. The Morgan fingerprint density at radius 3 is 2.25 bits per heavy atom. The molecule has 0 saturated heterocycles. The fraction of sp³-hybridized carbons (Fsp3) is 0.500. The largest absolute Gasteiger partial charge is 0.0882 e. The Morgan fingerprint density at radius 2 is 1.33 bits per heavy atom. The minimum Gasteiger partial charge on any atom is -0.0882 e. The lowest BCUT2D eigenvalue weighted by atomic mass is 10.1. The molecule has 0 unspecified atom stereocenters. The van der Waals surface area contributed by atoms with E-state index in [1.807, 2.05) is 0 Å². The van der Waals surface area contributed by atoms with Gasteiger partial charge in [0.05, 0.1) is 0 Å². The smallest absolute Gasteiger partial charge is 0.0166 e. The van der Waals surface area contributed by atoms with E-state index in [4.69, 9.17) is 0 Å². The van der Waals surface area contributed by atoms with Gasteiger partial charge in [-0.3, -0.25) is 0 Å². The first kappa shape index (κ1) is 9.31. The first-order valence-corrected chi connectivity index (χ1v) is 4.97. The Morgan fingerprint density at radius 1 is 0.583 bits per heavy atom. The summed E-state index contributed by atoms with van der Waals surface area (Å²) in [6, 6.07) is 0. The normalized spacial score (nSPS) is 22.7. The van der Waals surface area contributed by atoms with Crippen LogP contribution in [0.25, 0.3) is 0 Å². The molecule has 0 atom stereocenters. The molecule has 0 bridgehead atoms. The maximum Gasteiger partial charge on any atom is -0.0166 e. The summed E-state index contributed by atoms with van der Waals surface area (Å²) in [5.74, 6) is 0. The van der Waals surface area contributed by atoms with Crippen molar-refractivity contribution in [1.82, 2.24) is 0 Å². The van der Waals surface area contributed by atoms with Gasteiger partial charge in [0.1, 0.15) is 0 Å². The van der Waals surface area contributed by atoms with E-state index in [0.717, 1.165) is 6.42 Å². The van der Waals surface area contributed by atoms with Gasteiger partial charge in [-0.25, -0.2) is 0 Å². The molecule has 0 fully saturated rings. The van der Waals surface area contributed by atoms with Crippen LogP contribution in [0.15, 0.2) is 36.5 Å². The van der Waals surface area contributed by atoms with Crippen LogP contribution in [-0.2, 0) is 0 Å². The molecule has 0 aromatic rings. The van der Waals surface area contributed by atoms with Crippen LogP contribution in [0.4, 0.5) is 0 Å². The Labute approximate surface area is 75.7 Å². The van der Waals surface area contributed by atoms with Crippen LogP contribution >= 0.6 is 0 Å². The first-order valence-electron chi connectivity index (χ1n) is 4.97. The second-order valence-electron chi connectivity index (χ2n) is 3.20. The topological polar surface area (TPSA) is 0 Å². The number of allylic oxidation sites excluding steroid dienone is 6. The molecule has 0 heterocycles. The van der Waals surface area contributed by atoms with Gasteiger partial charge in [-0.15, -0.1) is 0 Å². The van der Waals surface area contributed by atoms with Crippen molar-refractivity contribution in [1.29, 1.82) is 0 Å². The molecule has 0 N–H and O–H groups in total. The summed E-state index contributed by atoms with van der Waals surface area (Å²) in [4.78, 5) is 0. The maximum atomic E-state index is 2.30. The van der Waals surface area contributed by atoms with E-state index in [9.17, 15) is 0 Å². The summed E-state index contributed by atoms with van der Waals surface area (Å²) in [5.41, 5.74) is 0. The van der Waals surface area contributed by atoms with Crippen LogP contribution in [0.1, 0.15) is 38.5 Å². The first-order chi connectivity index (χ1) is 6.00. The summed E-state index contributed by atoms with van der Waals surface area (Å²) in [6.07, 6.45) is 21.0. The summed E-state index contributed by atoms with van der Waals surface area (Å²) in [7, 11) is 0. The molecule has 66 valence electrons. The maximum absolute atomic E-state index is 2.30. The lowest BCUT2D eigenvalue weighted by Crippen LogP contribution is -1.75. The van der Waals surface area contributed by atoms with Gasteiger partial charge in [-0.1, -0.05) is 42.9 Å². The van der Waals surface area contributed by atoms with Crippen molar-refractivity contribution in [3.8, 4) is 0 Å². The summed E-state index contributed by atoms with van der Waals surface area (Å²) >= 11 is 0. The molecule has 0 amide bonds. The van der Waals surface area contributed by atoms with Crippen LogP contribution in [0.3, 0.4) is 0 Å². The quantitative estimate of drug-likeness (QED) is 0.472. The van der Waals surface area contributed by atoms with Crippen LogP contribution < -0.4 is 0 Å². The molecule has 1 rings (SSSR count). The highest BCUT2D eigenvalue weighted by atomic mass is 13.9. The molecule has 12 heavy (non-hydrogen) atoms. The molecule has 0 spiro atoms. The van der Waals surface area contributed by atoms with E-state index >= 15 is 0 Å². The van der Waals surface area contributed by atoms with Crippen molar-refractivity contribution in [2.75, 3.05) is 0 Å². The van der Waals surface area contributed by atoms with E-state index in [2.05, 4.69) is 36.5 Å². The summed E-state index contributed by atoms with van der Waals surface area (Å²) in [6.45, 7) is 0. The lowest BCUT2D eigenvalue weighted by molar-refractivity contribution is 0.695. The van der Waals surface area contributed by atoms with E-state index in [1.165, 1.54) is 32.1 Å². The molecule has 1 aliphatic rings. The van der Waals surface area contributed by atoms with Crippen molar-refractivity contribution in [3.05, 3.63) is 36.5 Å². The second-order valence-corrected chi connectivity index (χ2v) is 3.20. The van der Waals surface area contributed by atoms with Crippen LogP contribution in [-0.4, -0.2) is 0 Å². The van der Waals surface area contributed by atoms with E-state index in [-0.39, 0.29) is 0 Å². The van der Waals surface area contributed by atoms with Gasteiger partial charge >= 0.3 is 0 Å². The van der Waals surface area contributed by atoms with Gasteiger partial charge in [0.25, 0.3) is 0 Å². The molecule has 0 aliphatic heterocycles. The fourth-order valence-electron chi connectivity index (χ4n) is 1.33. The predicted molar refractivity (Wildman–Crippen MR) is 55.1 cm³/mol. The Hall–Kier alpha value is -0.780. The summed E-state index contributed by atoms with van der Waals surface area (Å²) in [5, 5.41) is 0. The van der Waals surface area contributed by atoms with E-state index < -0.39 is 0 Å². The number of hydrogen-bond donors (Lipinski definition) is 0. The highest BCUT2D eigenvalue weighted by molar-refractivity contribution is 5.05. The molecule has 0 nitrogen and oxygen atoms in total. The number of hydrogen-bond acceptors (Lipinski definition) is 0. The van der Waals surface area contributed by atoms with Crippen LogP contribution in [0, 0.1) is 0 Å². The lowest BCUT2D eigenvalue weighted by Gasteiger charge is -1.95. The summed E-state index contributed by atoms with van der Waals surface area (Å²) < 4.78 is 0. The van der Waals surface area contributed by atoms with Crippen molar-refractivity contribution in [2.24, 2.45) is 0 Å². The minimum atomic E-state index is 1.09. The molecule has 0 aromatic carbocycles. The fourth-order valence-corrected chi connectivity index (χ4v) is 1.33. The van der Waals surface area contributed by atoms with Gasteiger partial charge in [0, 0.05) is 0 Å². The van der Waals surface area contributed by atoms with E-state index in [1.54, 1.807) is 0 Å². The zero-order chi connectivity index (χ0) is 8.49. The Bertz CT molecular complexity index is 172. The molecule has 0 heteroatoms. The van der Waals surface area contributed by atoms with Crippen LogP contribution in [0.2, 0.25) is 0 Å². The third-order valence-corrected chi connectivity index (χ3v) is 2.06. The molecule has 0 aromatic heterocycles. The van der Waals surface area contributed by atoms with Gasteiger partial charge in [-0.2, -0.15) is 0 Å². The van der Waals surface area contributed by atoms with E-state index in [0.29, 0.717) is 0 Å².